The van der Waals surface area contributed by atoms with Gasteiger partial charge in [0.25, 0.3) is 0 Å². The smallest absolute Gasteiger partial charge is 0.0608 e. The van der Waals surface area contributed by atoms with Gasteiger partial charge in [-0.3, -0.25) is 0 Å². The molecule has 0 aliphatic heterocycles. The second kappa shape index (κ2) is 6.12. The molecule has 2 heteroatoms. The summed E-state index contributed by atoms with van der Waals surface area (Å²) in [6, 6.07) is 0. The van der Waals surface area contributed by atoms with Crippen LogP contribution in [0, 0.1) is 40.4 Å². The molecule has 0 bridgehead atoms. The van der Waals surface area contributed by atoms with Gasteiger partial charge in [-0.1, -0.05) is 54.8 Å². The van der Waals surface area contributed by atoms with Crippen LogP contribution >= 0.6 is 15.9 Å². The molecule has 3 saturated carbocycles. The third kappa shape index (κ3) is 2.42. The summed E-state index contributed by atoms with van der Waals surface area (Å²) in [4.78, 5) is 0. The fraction of sp³-hybridized carbons (Fsp3) is 0.909. The van der Waals surface area contributed by atoms with Crippen molar-refractivity contribution < 1.29 is 5.11 Å². The van der Waals surface area contributed by atoms with Gasteiger partial charge in [-0.25, -0.2) is 0 Å². The van der Waals surface area contributed by atoms with Crippen molar-refractivity contribution in [3.63, 3.8) is 0 Å². The van der Waals surface area contributed by atoms with Crippen LogP contribution in [0.5, 0.6) is 0 Å². The Hall–Kier alpha value is 0.180. The van der Waals surface area contributed by atoms with E-state index in [4.69, 9.17) is 0 Å². The van der Waals surface area contributed by atoms with Gasteiger partial charge in [0, 0.05) is 11.2 Å². The highest BCUT2D eigenvalue weighted by molar-refractivity contribution is 9.09. The Bertz CT molecular complexity index is 524. The molecule has 4 rings (SSSR count). The second-order valence-electron chi connectivity index (χ2n) is 10.0. The van der Waals surface area contributed by atoms with Gasteiger partial charge in [0.15, 0.2) is 0 Å². The molecule has 3 fully saturated rings. The molecule has 0 spiro atoms. The van der Waals surface area contributed by atoms with Gasteiger partial charge >= 0.3 is 0 Å². The van der Waals surface area contributed by atoms with Crippen LogP contribution in [0.2, 0.25) is 0 Å². The van der Waals surface area contributed by atoms with E-state index in [0.29, 0.717) is 22.7 Å². The molecule has 1 nitrogen and oxygen atoms in total. The Balaban J connectivity index is 1.70. The number of aliphatic hydroxyl groups is 1. The quantitative estimate of drug-likeness (QED) is 0.452. The van der Waals surface area contributed by atoms with E-state index in [1.807, 2.05) is 0 Å². The van der Waals surface area contributed by atoms with Crippen molar-refractivity contribution in [1.82, 2.24) is 0 Å². The molecule has 0 aromatic rings. The summed E-state index contributed by atoms with van der Waals surface area (Å²) in [5, 5.41) is 11.7. The zero-order valence-electron chi connectivity index (χ0n) is 15.7. The third-order valence-electron chi connectivity index (χ3n) is 8.90. The lowest BCUT2D eigenvalue weighted by atomic mass is 9.46. The number of halogens is 1. The van der Waals surface area contributed by atoms with Gasteiger partial charge in [-0.05, 0) is 79.4 Å². The normalized spacial score (nSPS) is 52.0. The van der Waals surface area contributed by atoms with E-state index in [-0.39, 0.29) is 6.10 Å². The highest BCUT2D eigenvalue weighted by Crippen LogP contribution is 2.65. The fourth-order valence-corrected chi connectivity index (χ4v) is 7.98. The molecule has 1 N–H and O–H groups in total. The van der Waals surface area contributed by atoms with Gasteiger partial charge in [0.05, 0.1) is 6.10 Å². The molecule has 8 atom stereocenters. The van der Waals surface area contributed by atoms with Gasteiger partial charge in [-0.15, -0.1) is 0 Å². The Kier molecular flexibility index (Phi) is 4.48. The molecule has 136 valence electrons. The fourth-order valence-electron chi connectivity index (χ4n) is 7.57. The molecule has 0 aromatic carbocycles. The summed E-state index contributed by atoms with van der Waals surface area (Å²) in [6.45, 7) is 7.46. The molecule has 24 heavy (non-hydrogen) atoms. The van der Waals surface area contributed by atoms with Crippen LogP contribution in [0.15, 0.2) is 11.6 Å². The van der Waals surface area contributed by atoms with Crippen molar-refractivity contribution in [2.24, 2.45) is 40.4 Å². The van der Waals surface area contributed by atoms with Crippen LogP contribution in [-0.2, 0) is 0 Å². The Morgan fingerprint density at radius 1 is 1.17 bits per heavy atom. The van der Waals surface area contributed by atoms with Crippen LogP contribution in [-0.4, -0.2) is 16.5 Å². The SMILES string of the molecule is CC(CBr)C1C2=CC[C@H]3[C@@H]4CCC[C@@]4(C)CC[C@@H]3[C@@]2(C)CC[C@@H]1O. The lowest BCUT2D eigenvalue weighted by Gasteiger charge is -2.59. The first kappa shape index (κ1) is 17.6. The van der Waals surface area contributed by atoms with Crippen molar-refractivity contribution in [3.8, 4) is 0 Å². The number of rotatable bonds is 2. The van der Waals surface area contributed by atoms with Crippen LogP contribution < -0.4 is 0 Å². The van der Waals surface area contributed by atoms with Gasteiger partial charge in [0.1, 0.15) is 0 Å². The molecule has 0 saturated heterocycles. The van der Waals surface area contributed by atoms with Crippen LogP contribution in [0.3, 0.4) is 0 Å². The van der Waals surface area contributed by atoms with E-state index in [1.54, 1.807) is 5.57 Å². The van der Waals surface area contributed by atoms with E-state index in [0.717, 1.165) is 29.5 Å². The topological polar surface area (TPSA) is 20.2 Å². The molecule has 0 radical (unpaired) electrons. The Labute approximate surface area is 156 Å². The minimum absolute atomic E-state index is 0.131. The van der Waals surface area contributed by atoms with E-state index in [1.165, 1.54) is 44.9 Å². The first-order chi connectivity index (χ1) is 11.4. The molecule has 0 amide bonds. The van der Waals surface area contributed by atoms with Crippen LogP contribution in [0.25, 0.3) is 0 Å². The van der Waals surface area contributed by atoms with Crippen LogP contribution in [0.1, 0.15) is 72.1 Å². The zero-order chi connectivity index (χ0) is 17.1. The second-order valence-corrected chi connectivity index (χ2v) is 10.7. The number of hydrogen-bond acceptors (Lipinski definition) is 1. The van der Waals surface area contributed by atoms with Crippen molar-refractivity contribution in [2.45, 2.75) is 78.2 Å². The summed E-state index contributed by atoms with van der Waals surface area (Å²) >= 11 is 3.69. The monoisotopic (exact) mass is 394 g/mol. The summed E-state index contributed by atoms with van der Waals surface area (Å²) in [6.07, 6.45) is 13.2. The average Bonchev–Trinajstić information content (AvgIpc) is 2.96. The predicted octanol–water partition coefficient (Wildman–Crippen LogP) is 5.96. The van der Waals surface area contributed by atoms with E-state index < -0.39 is 0 Å². The molecular formula is C22H35BrO. The van der Waals surface area contributed by atoms with Crippen molar-refractivity contribution in [2.75, 3.05) is 5.33 Å². The van der Waals surface area contributed by atoms with Crippen molar-refractivity contribution >= 4 is 15.9 Å². The number of fused-ring (bicyclic) bond motifs is 5. The highest BCUT2D eigenvalue weighted by Gasteiger charge is 2.57. The first-order valence-electron chi connectivity index (χ1n) is 10.4. The molecular weight excluding hydrogens is 360 g/mol. The maximum absolute atomic E-state index is 10.7. The lowest BCUT2D eigenvalue weighted by molar-refractivity contribution is -0.0537. The van der Waals surface area contributed by atoms with Crippen LogP contribution in [0.4, 0.5) is 0 Å². The third-order valence-corrected chi connectivity index (χ3v) is 9.92. The Morgan fingerprint density at radius 2 is 1.96 bits per heavy atom. The molecule has 4 aliphatic carbocycles. The summed E-state index contributed by atoms with van der Waals surface area (Å²) in [7, 11) is 0. The molecule has 4 aliphatic rings. The molecule has 0 heterocycles. The van der Waals surface area contributed by atoms with E-state index in [9.17, 15) is 5.11 Å². The first-order valence-corrected chi connectivity index (χ1v) is 11.5. The van der Waals surface area contributed by atoms with E-state index >= 15 is 0 Å². The number of alkyl halides is 1. The van der Waals surface area contributed by atoms with Gasteiger partial charge in [0.2, 0.25) is 0 Å². The highest BCUT2D eigenvalue weighted by atomic mass is 79.9. The van der Waals surface area contributed by atoms with Crippen molar-refractivity contribution in [1.29, 1.82) is 0 Å². The Morgan fingerprint density at radius 3 is 2.71 bits per heavy atom. The summed E-state index contributed by atoms with van der Waals surface area (Å²) in [5.41, 5.74) is 2.63. The zero-order valence-corrected chi connectivity index (χ0v) is 17.3. The van der Waals surface area contributed by atoms with Crippen molar-refractivity contribution in [3.05, 3.63) is 11.6 Å². The molecule has 0 aromatic heterocycles. The maximum Gasteiger partial charge on any atom is 0.0608 e. The van der Waals surface area contributed by atoms with E-state index in [2.05, 4.69) is 42.8 Å². The van der Waals surface area contributed by atoms with Gasteiger partial charge in [-0.2, -0.15) is 0 Å². The van der Waals surface area contributed by atoms with Gasteiger partial charge < -0.3 is 5.11 Å². The number of hydrogen-bond donors (Lipinski definition) is 1. The minimum Gasteiger partial charge on any atom is -0.392 e. The standard InChI is InChI=1S/C22H35BrO/c1-14(13-23)20-18-7-6-15-16-5-4-10-21(16,2)11-8-17(15)22(18,3)12-9-19(20)24/h7,14-17,19-20,24H,4-6,8-13H2,1-3H3/t14?,15-,16-,17-,19-,20?,21-,22+/m0/s1. The maximum atomic E-state index is 10.7. The number of aliphatic hydroxyl groups excluding tert-OH is 1. The average molecular weight is 395 g/mol. The number of allylic oxidation sites excluding steroid dienone is 1. The predicted molar refractivity (Wildman–Crippen MR) is 104 cm³/mol. The summed E-state index contributed by atoms with van der Waals surface area (Å²) in [5.74, 6) is 3.65. The lowest BCUT2D eigenvalue weighted by Crippen LogP contribution is -2.52. The summed E-state index contributed by atoms with van der Waals surface area (Å²) < 4.78 is 0. The minimum atomic E-state index is -0.131. The largest absolute Gasteiger partial charge is 0.392 e. The molecule has 2 unspecified atom stereocenters.